The molecule has 5 nitrogen and oxygen atoms in total. The van der Waals surface area contributed by atoms with Gasteiger partial charge in [0.2, 0.25) is 0 Å². The first-order valence-electron chi connectivity index (χ1n) is 7.32. The molecule has 1 aromatic carbocycles. The number of hydrogen-bond donors (Lipinski definition) is 2. The summed E-state index contributed by atoms with van der Waals surface area (Å²) in [6.07, 6.45) is 0. The molecule has 1 aromatic rings. The van der Waals surface area contributed by atoms with E-state index in [1.807, 2.05) is 27.7 Å². The third-order valence-corrected chi connectivity index (χ3v) is 4.26. The van der Waals surface area contributed by atoms with E-state index in [0.717, 1.165) is 6.07 Å². The van der Waals surface area contributed by atoms with Crippen molar-refractivity contribution in [3.63, 3.8) is 0 Å². The van der Waals surface area contributed by atoms with Gasteiger partial charge in [0.15, 0.2) is 0 Å². The van der Waals surface area contributed by atoms with Gasteiger partial charge in [-0.1, -0.05) is 0 Å². The van der Waals surface area contributed by atoms with Crippen LogP contribution in [0.5, 0.6) is 0 Å². The van der Waals surface area contributed by atoms with E-state index in [0.29, 0.717) is 6.54 Å². The predicted octanol–water partition coefficient (Wildman–Crippen LogP) is 1.46. The van der Waals surface area contributed by atoms with Crippen LogP contribution < -0.4 is 16.5 Å². The molecule has 1 fully saturated rings. The Hall–Kier alpha value is -1.60. The summed E-state index contributed by atoms with van der Waals surface area (Å²) in [7, 11) is -0.876. The fourth-order valence-electron chi connectivity index (χ4n) is 2.21. The number of hydrogen-bond acceptors (Lipinski definition) is 4. The van der Waals surface area contributed by atoms with Crippen LogP contribution in [-0.2, 0) is 9.31 Å². The Kier molecular flexibility index (Phi) is 4.23. The lowest BCUT2D eigenvalue weighted by molar-refractivity contribution is 0.00578. The second-order valence-corrected chi connectivity index (χ2v) is 6.41. The predicted molar refractivity (Wildman–Crippen MR) is 84.5 cm³/mol. The van der Waals surface area contributed by atoms with Gasteiger partial charge >= 0.3 is 7.12 Å². The first kappa shape index (κ1) is 16.8. The van der Waals surface area contributed by atoms with Crippen molar-refractivity contribution < 1.29 is 18.5 Å². The van der Waals surface area contributed by atoms with Gasteiger partial charge in [-0.2, -0.15) is 0 Å². The van der Waals surface area contributed by atoms with E-state index in [1.165, 1.54) is 6.07 Å². The normalized spacial score (nSPS) is 19.3. The maximum atomic E-state index is 14.3. The number of halogens is 1. The van der Waals surface area contributed by atoms with Crippen molar-refractivity contribution in [2.75, 3.05) is 12.3 Å². The SMILES string of the molecule is CCNC(=O)c1cc(B2OC(C)(C)C(C)(C)O2)c(F)cc1N. The Labute approximate surface area is 130 Å². The third kappa shape index (κ3) is 2.83. The van der Waals surface area contributed by atoms with E-state index in [-0.39, 0.29) is 22.6 Å². The van der Waals surface area contributed by atoms with E-state index < -0.39 is 24.1 Å². The summed E-state index contributed by atoms with van der Waals surface area (Å²) in [5.74, 6) is -0.901. The molecule has 7 heteroatoms. The van der Waals surface area contributed by atoms with E-state index in [1.54, 1.807) is 6.92 Å². The Morgan fingerprint density at radius 3 is 2.32 bits per heavy atom. The van der Waals surface area contributed by atoms with Crippen LogP contribution in [0.4, 0.5) is 10.1 Å². The zero-order chi connectivity index (χ0) is 16.7. The van der Waals surface area contributed by atoms with Crippen molar-refractivity contribution in [1.82, 2.24) is 5.32 Å². The molecule has 120 valence electrons. The summed E-state index contributed by atoms with van der Waals surface area (Å²) in [4.78, 5) is 12.0. The average Bonchev–Trinajstić information content (AvgIpc) is 2.58. The van der Waals surface area contributed by atoms with Gasteiger partial charge in [0.25, 0.3) is 5.91 Å². The van der Waals surface area contributed by atoms with Crippen molar-refractivity contribution in [3.8, 4) is 0 Å². The minimum atomic E-state index is -0.876. The number of carbonyl (C=O) groups is 1. The fourth-order valence-corrected chi connectivity index (χ4v) is 2.21. The van der Waals surface area contributed by atoms with Crippen molar-refractivity contribution in [1.29, 1.82) is 0 Å². The number of nitrogens with two attached hydrogens (primary N) is 1. The molecule has 1 saturated heterocycles. The summed E-state index contributed by atoms with van der Waals surface area (Å²) in [5, 5.41) is 2.65. The number of amides is 1. The zero-order valence-corrected chi connectivity index (χ0v) is 13.6. The van der Waals surface area contributed by atoms with Crippen LogP contribution in [0.3, 0.4) is 0 Å². The fraction of sp³-hybridized carbons (Fsp3) is 0.533. The monoisotopic (exact) mass is 308 g/mol. The largest absolute Gasteiger partial charge is 0.497 e. The Morgan fingerprint density at radius 1 is 1.27 bits per heavy atom. The molecule has 0 aliphatic carbocycles. The van der Waals surface area contributed by atoms with Gasteiger partial charge in [-0.25, -0.2) is 4.39 Å². The lowest BCUT2D eigenvalue weighted by atomic mass is 9.77. The Balaban J connectivity index is 2.41. The molecular formula is C15H22BFN2O3. The number of nitrogen functional groups attached to an aromatic ring is 1. The molecule has 0 atom stereocenters. The number of carbonyl (C=O) groups excluding carboxylic acids is 1. The second kappa shape index (κ2) is 5.55. The van der Waals surface area contributed by atoms with E-state index in [9.17, 15) is 9.18 Å². The molecule has 0 aromatic heterocycles. The number of benzene rings is 1. The molecule has 1 aliphatic rings. The van der Waals surface area contributed by atoms with Crippen LogP contribution in [0.15, 0.2) is 12.1 Å². The van der Waals surface area contributed by atoms with Crippen LogP contribution in [0, 0.1) is 5.82 Å². The molecule has 1 aliphatic heterocycles. The molecule has 0 bridgehead atoms. The lowest BCUT2D eigenvalue weighted by Gasteiger charge is -2.32. The summed E-state index contributed by atoms with van der Waals surface area (Å²) in [6.45, 7) is 9.79. The van der Waals surface area contributed by atoms with Gasteiger partial charge in [0, 0.05) is 17.7 Å². The van der Waals surface area contributed by atoms with E-state index in [4.69, 9.17) is 15.0 Å². The van der Waals surface area contributed by atoms with Crippen LogP contribution in [0.1, 0.15) is 45.0 Å². The van der Waals surface area contributed by atoms with Gasteiger partial charge in [0.05, 0.1) is 16.8 Å². The van der Waals surface area contributed by atoms with Crippen LogP contribution in [0.2, 0.25) is 0 Å². The zero-order valence-electron chi connectivity index (χ0n) is 13.6. The smallest absolute Gasteiger partial charge is 0.399 e. The van der Waals surface area contributed by atoms with E-state index in [2.05, 4.69) is 5.32 Å². The molecular weight excluding hydrogens is 286 g/mol. The number of nitrogens with one attached hydrogen (secondary N) is 1. The van der Waals surface area contributed by atoms with Gasteiger partial charge < -0.3 is 20.4 Å². The molecule has 0 unspecified atom stereocenters. The van der Waals surface area contributed by atoms with E-state index >= 15 is 0 Å². The summed E-state index contributed by atoms with van der Waals surface area (Å²) < 4.78 is 25.9. The van der Waals surface area contributed by atoms with Crippen molar-refractivity contribution in [2.24, 2.45) is 0 Å². The van der Waals surface area contributed by atoms with Gasteiger partial charge in [-0.3, -0.25) is 4.79 Å². The quantitative estimate of drug-likeness (QED) is 0.655. The highest BCUT2D eigenvalue weighted by Gasteiger charge is 2.52. The third-order valence-electron chi connectivity index (χ3n) is 4.26. The van der Waals surface area contributed by atoms with Crippen molar-refractivity contribution in [2.45, 2.75) is 45.8 Å². The molecule has 1 amide bonds. The molecule has 1 heterocycles. The number of rotatable bonds is 3. The van der Waals surface area contributed by atoms with Crippen molar-refractivity contribution >= 4 is 24.2 Å². The summed E-state index contributed by atoms with van der Waals surface area (Å²) in [5.41, 5.74) is 5.05. The minimum Gasteiger partial charge on any atom is -0.399 e. The van der Waals surface area contributed by atoms with Crippen LogP contribution >= 0.6 is 0 Å². The highest BCUT2D eigenvalue weighted by molar-refractivity contribution is 6.62. The van der Waals surface area contributed by atoms with Gasteiger partial charge in [-0.15, -0.1) is 0 Å². The molecule has 0 radical (unpaired) electrons. The maximum absolute atomic E-state index is 14.3. The van der Waals surface area contributed by atoms with Crippen LogP contribution in [0.25, 0.3) is 0 Å². The Bertz CT molecular complexity index is 589. The molecule has 3 N–H and O–H groups in total. The molecule has 0 spiro atoms. The lowest BCUT2D eigenvalue weighted by Crippen LogP contribution is -2.41. The Morgan fingerprint density at radius 2 is 1.82 bits per heavy atom. The molecule has 0 saturated carbocycles. The van der Waals surface area contributed by atoms with Crippen LogP contribution in [-0.4, -0.2) is 30.8 Å². The minimum absolute atomic E-state index is 0.0868. The standard InChI is InChI=1S/C15H22BFN2O3/c1-6-19-13(20)9-7-10(11(17)8-12(9)18)16-21-14(2,3)15(4,5)22-16/h7-8H,6,18H2,1-5H3,(H,19,20). The maximum Gasteiger partial charge on any atom is 0.497 e. The van der Waals surface area contributed by atoms with Crippen molar-refractivity contribution in [3.05, 3.63) is 23.5 Å². The second-order valence-electron chi connectivity index (χ2n) is 6.41. The highest BCUT2D eigenvalue weighted by Crippen LogP contribution is 2.36. The highest BCUT2D eigenvalue weighted by atomic mass is 19.1. The first-order valence-corrected chi connectivity index (χ1v) is 7.32. The topological polar surface area (TPSA) is 73.6 Å². The number of anilines is 1. The summed E-state index contributed by atoms with van der Waals surface area (Å²) in [6, 6.07) is 2.53. The molecule has 2 rings (SSSR count). The molecule has 22 heavy (non-hydrogen) atoms. The summed E-state index contributed by atoms with van der Waals surface area (Å²) >= 11 is 0. The first-order chi connectivity index (χ1) is 10.1. The van der Waals surface area contributed by atoms with Gasteiger partial charge in [-0.05, 0) is 46.8 Å². The van der Waals surface area contributed by atoms with Gasteiger partial charge in [0.1, 0.15) is 5.82 Å². The average molecular weight is 308 g/mol.